The van der Waals surface area contributed by atoms with E-state index in [9.17, 15) is 4.79 Å². The second-order valence-corrected chi connectivity index (χ2v) is 4.49. The quantitative estimate of drug-likeness (QED) is 0.759. The number of nitrogens with zero attached hydrogens (tertiary/aromatic N) is 2. The van der Waals surface area contributed by atoms with Crippen molar-refractivity contribution in [1.29, 1.82) is 5.26 Å². The normalized spacial score (nSPS) is 13.5. The van der Waals surface area contributed by atoms with Gasteiger partial charge in [0.15, 0.2) is 0 Å². The number of hydrogen-bond acceptors (Lipinski definition) is 3. The highest BCUT2D eigenvalue weighted by atomic mass is 16.1. The number of rotatable bonds is 1. The number of hydrogen-bond donors (Lipinski definition) is 2. The Morgan fingerprint density at radius 3 is 3.00 bits per heavy atom. The van der Waals surface area contributed by atoms with E-state index in [4.69, 9.17) is 11.0 Å². The Bertz CT molecular complexity index is 709. The van der Waals surface area contributed by atoms with Crippen LogP contribution in [-0.2, 0) is 11.2 Å². The first-order chi connectivity index (χ1) is 9.19. The molecule has 1 aromatic heterocycles. The minimum atomic E-state index is 0.0104. The third-order valence-electron chi connectivity index (χ3n) is 3.27. The summed E-state index contributed by atoms with van der Waals surface area (Å²) in [7, 11) is 0. The van der Waals surface area contributed by atoms with Crippen molar-refractivity contribution in [3.05, 3.63) is 41.7 Å². The van der Waals surface area contributed by atoms with Crippen LogP contribution < -0.4 is 11.1 Å². The zero-order valence-electron chi connectivity index (χ0n) is 10.2. The van der Waals surface area contributed by atoms with E-state index in [0.717, 1.165) is 11.3 Å². The van der Waals surface area contributed by atoms with E-state index < -0.39 is 0 Å². The summed E-state index contributed by atoms with van der Waals surface area (Å²) in [5.74, 6) is 0.0104. The van der Waals surface area contributed by atoms with Crippen molar-refractivity contribution in [3.8, 4) is 11.8 Å². The lowest BCUT2D eigenvalue weighted by molar-refractivity contribution is -0.116. The Hall–Kier alpha value is -2.74. The number of nitrogens with two attached hydrogens (primary N) is 1. The van der Waals surface area contributed by atoms with Crippen LogP contribution >= 0.6 is 0 Å². The van der Waals surface area contributed by atoms with Crippen molar-refractivity contribution in [3.63, 3.8) is 0 Å². The molecule has 1 aliphatic rings. The van der Waals surface area contributed by atoms with Gasteiger partial charge in [0, 0.05) is 18.3 Å². The van der Waals surface area contributed by atoms with E-state index in [1.807, 2.05) is 12.1 Å². The smallest absolute Gasteiger partial charge is 0.224 e. The van der Waals surface area contributed by atoms with E-state index >= 15 is 0 Å². The summed E-state index contributed by atoms with van der Waals surface area (Å²) in [6.07, 6.45) is 2.96. The van der Waals surface area contributed by atoms with Crippen LogP contribution in [0.3, 0.4) is 0 Å². The van der Waals surface area contributed by atoms with E-state index in [1.54, 1.807) is 22.9 Å². The second kappa shape index (κ2) is 4.18. The van der Waals surface area contributed by atoms with Crippen LogP contribution in [0.5, 0.6) is 0 Å². The highest BCUT2D eigenvalue weighted by Gasteiger charge is 2.17. The van der Waals surface area contributed by atoms with Crippen LogP contribution in [0.1, 0.15) is 17.7 Å². The highest BCUT2D eigenvalue weighted by Crippen LogP contribution is 2.30. The van der Waals surface area contributed by atoms with Crippen LogP contribution in [0.4, 0.5) is 11.4 Å². The van der Waals surface area contributed by atoms with Crippen LogP contribution in [0.15, 0.2) is 30.5 Å². The standard InChI is InChI=1S/C14H12N4O/c15-8-10-2-1-5-18(10)13-7-12-9(6-11(13)16)3-4-14(19)17-12/h1-2,5-7H,3-4,16H2,(H,17,19). The molecule has 3 rings (SSSR count). The summed E-state index contributed by atoms with van der Waals surface area (Å²) in [6.45, 7) is 0. The average molecular weight is 252 g/mol. The van der Waals surface area contributed by atoms with Crippen molar-refractivity contribution < 1.29 is 4.79 Å². The zero-order valence-corrected chi connectivity index (χ0v) is 10.2. The van der Waals surface area contributed by atoms with Gasteiger partial charge in [0.05, 0.1) is 11.4 Å². The fourth-order valence-electron chi connectivity index (χ4n) is 2.33. The minimum Gasteiger partial charge on any atom is -0.397 e. The van der Waals surface area contributed by atoms with Crippen molar-refractivity contribution in [1.82, 2.24) is 4.57 Å². The number of fused-ring (bicyclic) bond motifs is 1. The molecule has 2 aromatic rings. The molecule has 0 unspecified atom stereocenters. The number of aryl methyl sites for hydroxylation is 1. The molecule has 0 spiro atoms. The number of carbonyl (C=O) groups excluding carboxylic acids is 1. The maximum atomic E-state index is 11.4. The van der Waals surface area contributed by atoms with Crippen LogP contribution in [0.2, 0.25) is 0 Å². The third-order valence-corrected chi connectivity index (χ3v) is 3.27. The maximum Gasteiger partial charge on any atom is 0.224 e. The lowest BCUT2D eigenvalue weighted by atomic mass is 10.0. The minimum absolute atomic E-state index is 0.0104. The molecule has 2 heterocycles. The molecule has 19 heavy (non-hydrogen) atoms. The number of nitrogen functional groups attached to an aromatic ring is 1. The molecule has 94 valence electrons. The first kappa shape index (κ1) is 11.4. The van der Waals surface area contributed by atoms with Crippen molar-refractivity contribution in [2.24, 2.45) is 0 Å². The number of carbonyl (C=O) groups is 1. The number of anilines is 2. The lowest BCUT2D eigenvalue weighted by Gasteiger charge is -2.19. The summed E-state index contributed by atoms with van der Waals surface area (Å²) in [5.41, 5.74) is 9.68. The van der Waals surface area contributed by atoms with Gasteiger partial charge in [0.1, 0.15) is 11.8 Å². The molecule has 5 heteroatoms. The number of benzene rings is 1. The monoisotopic (exact) mass is 252 g/mol. The maximum absolute atomic E-state index is 11.4. The Balaban J connectivity index is 2.16. The fourth-order valence-corrected chi connectivity index (χ4v) is 2.33. The van der Waals surface area contributed by atoms with Gasteiger partial charge in [-0.2, -0.15) is 5.26 Å². The van der Waals surface area contributed by atoms with E-state index in [-0.39, 0.29) is 5.91 Å². The van der Waals surface area contributed by atoms with Crippen LogP contribution in [0, 0.1) is 11.3 Å². The van der Waals surface area contributed by atoms with Gasteiger partial charge in [-0.1, -0.05) is 0 Å². The van der Waals surface area contributed by atoms with Gasteiger partial charge in [-0.25, -0.2) is 0 Å². The largest absolute Gasteiger partial charge is 0.397 e. The molecule has 0 bridgehead atoms. The van der Waals surface area contributed by atoms with Gasteiger partial charge in [0.25, 0.3) is 0 Å². The molecule has 0 saturated carbocycles. The van der Waals surface area contributed by atoms with E-state index in [2.05, 4.69) is 11.4 Å². The Labute approximate surface area is 110 Å². The first-order valence-corrected chi connectivity index (χ1v) is 5.99. The van der Waals surface area contributed by atoms with Crippen LogP contribution in [-0.4, -0.2) is 10.5 Å². The van der Waals surface area contributed by atoms with Crippen molar-refractivity contribution in [2.75, 3.05) is 11.1 Å². The number of aromatic nitrogens is 1. The van der Waals surface area contributed by atoms with Crippen molar-refractivity contribution >= 4 is 17.3 Å². The van der Waals surface area contributed by atoms with E-state index in [1.165, 1.54) is 0 Å². The summed E-state index contributed by atoms with van der Waals surface area (Å²) in [6, 6.07) is 9.31. The molecule has 0 radical (unpaired) electrons. The molecule has 0 fully saturated rings. The lowest BCUT2D eigenvalue weighted by Crippen LogP contribution is -2.19. The average Bonchev–Trinajstić information content (AvgIpc) is 2.86. The fraction of sp³-hybridized carbons (Fsp3) is 0.143. The molecular formula is C14H12N4O. The van der Waals surface area contributed by atoms with Gasteiger partial charge in [-0.05, 0) is 36.2 Å². The summed E-state index contributed by atoms with van der Waals surface area (Å²) in [4.78, 5) is 11.4. The van der Waals surface area contributed by atoms with Gasteiger partial charge in [-0.15, -0.1) is 0 Å². The molecule has 0 atom stereocenters. The molecule has 5 nitrogen and oxygen atoms in total. The summed E-state index contributed by atoms with van der Waals surface area (Å²) >= 11 is 0. The predicted molar refractivity (Wildman–Crippen MR) is 71.8 cm³/mol. The van der Waals surface area contributed by atoms with Gasteiger partial charge >= 0.3 is 0 Å². The number of amides is 1. The molecule has 1 amide bonds. The summed E-state index contributed by atoms with van der Waals surface area (Å²) < 4.78 is 1.72. The zero-order chi connectivity index (χ0) is 13.4. The SMILES string of the molecule is N#Cc1cccn1-c1cc2c(cc1N)CCC(=O)N2. The Morgan fingerprint density at radius 2 is 2.21 bits per heavy atom. The predicted octanol–water partition coefficient (Wildman–Crippen LogP) is 1.82. The Morgan fingerprint density at radius 1 is 1.37 bits per heavy atom. The van der Waals surface area contributed by atoms with Gasteiger partial charge in [0.2, 0.25) is 5.91 Å². The molecule has 1 aromatic carbocycles. The van der Waals surface area contributed by atoms with E-state index in [0.29, 0.717) is 29.9 Å². The summed E-state index contributed by atoms with van der Waals surface area (Å²) in [5, 5.41) is 11.9. The molecule has 0 saturated heterocycles. The molecule has 1 aliphatic heterocycles. The van der Waals surface area contributed by atoms with Gasteiger partial charge < -0.3 is 15.6 Å². The van der Waals surface area contributed by atoms with Crippen LogP contribution in [0.25, 0.3) is 5.69 Å². The number of nitrogens with one attached hydrogen (secondary N) is 1. The van der Waals surface area contributed by atoms with Gasteiger partial charge in [-0.3, -0.25) is 4.79 Å². The van der Waals surface area contributed by atoms with Crippen molar-refractivity contribution in [2.45, 2.75) is 12.8 Å². The second-order valence-electron chi connectivity index (χ2n) is 4.49. The molecule has 3 N–H and O–H groups in total. The molecule has 0 aliphatic carbocycles. The Kier molecular flexibility index (Phi) is 2.50. The topological polar surface area (TPSA) is 83.8 Å². The highest BCUT2D eigenvalue weighted by molar-refractivity contribution is 5.95. The first-order valence-electron chi connectivity index (χ1n) is 5.99. The molecular weight excluding hydrogens is 240 g/mol. The number of nitriles is 1. The third kappa shape index (κ3) is 1.83.